The smallest absolute Gasteiger partial charge is 0.384 e. The van der Waals surface area contributed by atoms with Crippen LogP contribution in [0.3, 0.4) is 0 Å². The number of pyridine rings is 1. The van der Waals surface area contributed by atoms with Gasteiger partial charge in [0.05, 0.1) is 11.4 Å². The van der Waals surface area contributed by atoms with Gasteiger partial charge in [0.25, 0.3) is 0 Å². The van der Waals surface area contributed by atoms with Crippen molar-refractivity contribution in [1.29, 1.82) is 0 Å². The summed E-state index contributed by atoms with van der Waals surface area (Å²) < 4.78 is 26.5. The van der Waals surface area contributed by atoms with Crippen LogP contribution in [-0.4, -0.2) is 27.3 Å². The predicted octanol–water partition coefficient (Wildman–Crippen LogP) is 5.56. The maximum absolute atomic E-state index is 13.4. The second kappa shape index (κ2) is 8.72. The molecule has 28 heavy (non-hydrogen) atoms. The van der Waals surface area contributed by atoms with Crippen LogP contribution in [0.5, 0.6) is 6.01 Å². The highest BCUT2D eigenvalue weighted by atomic mass is 31.2. The van der Waals surface area contributed by atoms with Gasteiger partial charge >= 0.3 is 13.6 Å². The molecule has 2 aromatic heterocycles. The molecule has 7 heteroatoms. The summed E-state index contributed by atoms with van der Waals surface area (Å²) in [6.07, 6.45) is 4.88. The third-order valence-corrected chi connectivity index (χ3v) is 7.46. The average molecular weight is 399 g/mol. The predicted molar refractivity (Wildman–Crippen MR) is 111 cm³/mol. The van der Waals surface area contributed by atoms with Gasteiger partial charge in [-0.25, -0.2) is 4.57 Å². The Morgan fingerprint density at radius 2 is 1.68 bits per heavy atom. The molecule has 0 spiro atoms. The van der Waals surface area contributed by atoms with Crippen molar-refractivity contribution in [3.63, 3.8) is 0 Å². The van der Waals surface area contributed by atoms with E-state index in [1.54, 1.807) is 12.4 Å². The van der Waals surface area contributed by atoms with E-state index in [4.69, 9.17) is 14.0 Å². The van der Waals surface area contributed by atoms with Gasteiger partial charge in [-0.15, -0.1) is 0 Å². The quantitative estimate of drug-likeness (QED) is 0.464. The summed E-state index contributed by atoms with van der Waals surface area (Å²) in [6.45, 7) is 3.97. The van der Waals surface area contributed by atoms with E-state index >= 15 is 0 Å². The zero-order valence-corrected chi connectivity index (χ0v) is 17.6. The van der Waals surface area contributed by atoms with Gasteiger partial charge in [-0.2, -0.15) is 4.98 Å². The van der Waals surface area contributed by atoms with Gasteiger partial charge in [0.1, 0.15) is 5.69 Å². The monoisotopic (exact) mass is 399 g/mol. The number of hydrogen-bond donors (Lipinski definition) is 0. The number of imidazole rings is 1. The molecule has 0 radical (unpaired) electrons. The summed E-state index contributed by atoms with van der Waals surface area (Å²) >= 11 is 0. The summed E-state index contributed by atoms with van der Waals surface area (Å²) in [7, 11) is -0.0515. The topological polar surface area (TPSA) is 66.2 Å². The summed E-state index contributed by atoms with van der Waals surface area (Å²) in [4.78, 5) is 8.81. The van der Waals surface area contributed by atoms with Crippen molar-refractivity contribution >= 4 is 7.60 Å². The fraction of sp³-hybridized carbons (Fsp3) is 0.333. The molecule has 0 fully saturated rings. The lowest BCUT2D eigenvalue weighted by Crippen LogP contribution is -2.13. The van der Waals surface area contributed by atoms with Crippen molar-refractivity contribution in [2.24, 2.45) is 7.05 Å². The Kier molecular flexibility index (Phi) is 6.32. The molecule has 3 rings (SSSR count). The lowest BCUT2D eigenvalue weighted by atomic mass is 10.1. The maximum atomic E-state index is 13.4. The Morgan fingerprint density at radius 3 is 2.25 bits per heavy atom. The lowest BCUT2D eigenvalue weighted by Gasteiger charge is -2.23. The Balaban J connectivity index is 2.14. The van der Waals surface area contributed by atoms with Gasteiger partial charge < -0.3 is 9.05 Å². The van der Waals surface area contributed by atoms with Crippen molar-refractivity contribution < 1.29 is 13.6 Å². The fourth-order valence-corrected chi connectivity index (χ4v) is 5.11. The molecule has 3 aromatic rings. The van der Waals surface area contributed by atoms with Crippen LogP contribution in [0, 0.1) is 0 Å². The molecule has 0 aliphatic heterocycles. The van der Waals surface area contributed by atoms with Crippen molar-refractivity contribution in [1.82, 2.24) is 14.5 Å². The van der Waals surface area contributed by atoms with Crippen LogP contribution in [0.4, 0.5) is 0 Å². The number of benzene rings is 1. The molecule has 1 unspecified atom stereocenters. The molecule has 1 aromatic carbocycles. The van der Waals surface area contributed by atoms with Crippen LogP contribution >= 0.6 is 7.60 Å². The number of aromatic nitrogens is 3. The standard InChI is InChI=1S/C21H26N3O3P/c1-5-18(6-2)28(25,26-4)27-21-23-19(16-10-8-7-9-11-16)20(24(21)3)17-12-14-22-15-13-17/h7-15,18H,5-6H2,1-4H3. The van der Waals surface area contributed by atoms with Crippen molar-refractivity contribution in [3.8, 4) is 28.5 Å². The first kappa shape index (κ1) is 20.3. The highest BCUT2D eigenvalue weighted by molar-refractivity contribution is 7.55. The number of nitrogens with zero attached hydrogens (tertiary/aromatic N) is 3. The number of hydrogen-bond acceptors (Lipinski definition) is 5. The molecule has 0 aliphatic rings. The summed E-state index contributed by atoms with van der Waals surface area (Å²) in [5.74, 6) is 0. The Bertz CT molecular complexity index is 954. The third kappa shape index (κ3) is 3.89. The molecule has 0 N–H and O–H groups in total. The van der Waals surface area contributed by atoms with Gasteiger partial charge in [-0.3, -0.25) is 9.55 Å². The van der Waals surface area contributed by atoms with Gasteiger partial charge in [0.2, 0.25) is 0 Å². The molecule has 0 aliphatic carbocycles. The zero-order valence-electron chi connectivity index (χ0n) is 16.7. The minimum atomic E-state index is -3.34. The molecule has 2 heterocycles. The normalized spacial score (nSPS) is 13.5. The number of rotatable bonds is 8. The van der Waals surface area contributed by atoms with E-state index in [0.717, 1.165) is 22.5 Å². The molecular weight excluding hydrogens is 373 g/mol. The van der Waals surface area contributed by atoms with Crippen molar-refractivity contribution in [2.75, 3.05) is 7.11 Å². The van der Waals surface area contributed by atoms with Crippen molar-refractivity contribution in [3.05, 3.63) is 54.9 Å². The van der Waals surface area contributed by atoms with Crippen LogP contribution in [0.1, 0.15) is 26.7 Å². The minimum Gasteiger partial charge on any atom is -0.390 e. The van der Waals surface area contributed by atoms with Gasteiger partial charge in [0, 0.05) is 37.7 Å². The highest BCUT2D eigenvalue weighted by Crippen LogP contribution is 2.55. The Labute approximate surface area is 166 Å². The first-order valence-electron chi connectivity index (χ1n) is 9.41. The molecule has 1 atom stereocenters. The van der Waals surface area contributed by atoms with Gasteiger partial charge in [-0.1, -0.05) is 44.2 Å². The molecule has 0 saturated carbocycles. The SMILES string of the molecule is CCC(CC)P(=O)(OC)Oc1nc(-c2ccccc2)c(-c2ccncc2)n1C. The van der Waals surface area contributed by atoms with Crippen LogP contribution < -0.4 is 4.52 Å². The van der Waals surface area contributed by atoms with Gasteiger partial charge in [-0.05, 0) is 25.0 Å². The molecule has 6 nitrogen and oxygen atoms in total. The van der Waals surface area contributed by atoms with E-state index in [2.05, 4.69) is 4.98 Å². The first-order valence-corrected chi connectivity index (χ1v) is 11.0. The van der Waals surface area contributed by atoms with Crippen LogP contribution in [0.25, 0.3) is 22.5 Å². The summed E-state index contributed by atoms with van der Waals surface area (Å²) in [6, 6.07) is 14.0. The van der Waals surface area contributed by atoms with E-state index in [0.29, 0.717) is 12.8 Å². The second-order valence-electron chi connectivity index (χ2n) is 6.54. The maximum Gasteiger partial charge on any atom is 0.384 e. The molecule has 0 amide bonds. The van der Waals surface area contributed by atoms with E-state index in [1.165, 1.54) is 7.11 Å². The van der Waals surface area contributed by atoms with E-state index in [-0.39, 0.29) is 11.7 Å². The highest BCUT2D eigenvalue weighted by Gasteiger charge is 2.36. The summed E-state index contributed by atoms with van der Waals surface area (Å²) in [5, 5.41) is 0. The lowest BCUT2D eigenvalue weighted by molar-refractivity contribution is 0.297. The summed E-state index contributed by atoms with van der Waals surface area (Å²) in [5.41, 5.74) is 3.36. The second-order valence-corrected chi connectivity index (χ2v) is 8.89. The van der Waals surface area contributed by atoms with E-state index < -0.39 is 7.60 Å². The third-order valence-electron chi connectivity index (χ3n) is 4.91. The zero-order chi connectivity index (χ0) is 20.1. The van der Waals surface area contributed by atoms with E-state index in [9.17, 15) is 4.57 Å². The van der Waals surface area contributed by atoms with E-state index in [1.807, 2.05) is 67.9 Å². The largest absolute Gasteiger partial charge is 0.390 e. The Morgan fingerprint density at radius 1 is 1.04 bits per heavy atom. The molecule has 0 saturated heterocycles. The van der Waals surface area contributed by atoms with Crippen LogP contribution in [0.15, 0.2) is 54.9 Å². The van der Waals surface area contributed by atoms with Crippen LogP contribution in [0.2, 0.25) is 0 Å². The Hall–Kier alpha value is -2.43. The minimum absolute atomic E-state index is 0.182. The first-order chi connectivity index (χ1) is 13.5. The van der Waals surface area contributed by atoms with Crippen molar-refractivity contribution in [2.45, 2.75) is 32.3 Å². The van der Waals surface area contributed by atoms with Crippen LogP contribution in [-0.2, 0) is 16.1 Å². The molecule has 0 bridgehead atoms. The van der Waals surface area contributed by atoms with Gasteiger partial charge in [0.15, 0.2) is 0 Å². The average Bonchev–Trinajstić information content (AvgIpc) is 3.06. The molecule has 148 valence electrons. The molecular formula is C21H26N3O3P. The fourth-order valence-electron chi connectivity index (χ4n) is 3.31.